The second kappa shape index (κ2) is 6.01. The molecule has 1 N–H and O–H groups in total. The van der Waals surface area contributed by atoms with E-state index in [4.69, 9.17) is 4.42 Å². The lowest BCUT2D eigenvalue weighted by molar-refractivity contribution is -0.384. The quantitative estimate of drug-likeness (QED) is 0.497. The molecule has 0 aliphatic heterocycles. The molecule has 0 aliphatic carbocycles. The number of nitro groups is 1. The van der Waals surface area contributed by atoms with Gasteiger partial charge in [0.25, 0.3) is 5.69 Å². The number of nitro benzene ring substituents is 1. The minimum Gasteiger partial charge on any atom is -0.469 e. The van der Waals surface area contributed by atoms with Crippen molar-refractivity contribution >= 4 is 17.2 Å². The van der Waals surface area contributed by atoms with Crippen LogP contribution < -0.4 is 5.32 Å². The fourth-order valence-corrected chi connectivity index (χ4v) is 1.83. The van der Waals surface area contributed by atoms with E-state index in [1.54, 1.807) is 24.5 Å². The van der Waals surface area contributed by atoms with E-state index in [1.165, 1.54) is 13.0 Å². The molecular weight excluding hydrogens is 260 g/mol. The molecule has 20 heavy (non-hydrogen) atoms. The van der Waals surface area contributed by atoms with Crippen molar-refractivity contribution in [2.24, 2.45) is 0 Å². The van der Waals surface area contributed by atoms with Crippen molar-refractivity contribution in [3.63, 3.8) is 0 Å². The summed E-state index contributed by atoms with van der Waals surface area (Å²) in [6.45, 7) is 1.89. The largest absolute Gasteiger partial charge is 0.469 e. The zero-order valence-corrected chi connectivity index (χ0v) is 11.0. The summed E-state index contributed by atoms with van der Waals surface area (Å²) >= 11 is 0. The van der Waals surface area contributed by atoms with E-state index in [9.17, 15) is 14.9 Å². The Kier molecular flexibility index (Phi) is 4.14. The first kappa shape index (κ1) is 13.8. The molecule has 0 fully saturated rings. The number of nitrogens with one attached hydrogen (secondary N) is 1. The zero-order chi connectivity index (χ0) is 14.5. The molecule has 0 saturated carbocycles. The summed E-state index contributed by atoms with van der Waals surface area (Å²) in [5.41, 5.74) is 0.622. The van der Waals surface area contributed by atoms with Crippen molar-refractivity contribution in [2.75, 3.05) is 11.9 Å². The van der Waals surface area contributed by atoms with Gasteiger partial charge in [0, 0.05) is 24.6 Å². The Labute approximate surface area is 115 Å². The molecule has 0 amide bonds. The summed E-state index contributed by atoms with van der Waals surface area (Å²) < 4.78 is 5.18. The van der Waals surface area contributed by atoms with Crippen molar-refractivity contribution in [1.82, 2.24) is 0 Å². The number of benzene rings is 1. The highest BCUT2D eigenvalue weighted by Gasteiger charge is 2.15. The molecule has 6 nitrogen and oxygen atoms in total. The molecule has 0 saturated heterocycles. The minimum absolute atomic E-state index is 0.0999. The smallest absolute Gasteiger partial charge is 0.293 e. The van der Waals surface area contributed by atoms with E-state index < -0.39 is 4.92 Å². The lowest BCUT2D eigenvalue weighted by Gasteiger charge is -2.07. The third-order valence-corrected chi connectivity index (χ3v) is 2.87. The van der Waals surface area contributed by atoms with E-state index in [0.29, 0.717) is 24.2 Å². The molecule has 0 atom stereocenters. The average Bonchev–Trinajstić information content (AvgIpc) is 2.91. The van der Waals surface area contributed by atoms with Gasteiger partial charge in [-0.3, -0.25) is 14.9 Å². The van der Waals surface area contributed by atoms with Crippen LogP contribution in [0.15, 0.2) is 41.0 Å². The average molecular weight is 274 g/mol. The standard InChI is InChI=1S/C14H14N2O4/c1-10(17)11-4-5-13(14(9-11)16(18)19)15-7-6-12-3-2-8-20-12/h2-5,8-9,15H,6-7H2,1H3. The van der Waals surface area contributed by atoms with E-state index in [2.05, 4.69) is 5.32 Å². The zero-order valence-electron chi connectivity index (χ0n) is 11.0. The number of carbonyl (C=O) groups excluding carboxylic acids is 1. The van der Waals surface area contributed by atoms with E-state index in [1.807, 2.05) is 6.07 Å². The molecule has 0 spiro atoms. The number of furan rings is 1. The summed E-state index contributed by atoms with van der Waals surface area (Å²) in [5.74, 6) is 0.607. The first-order valence-electron chi connectivity index (χ1n) is 6.13. The van der Waals surface area contributed by atoms with Crippen molar-refractivity contribution in [2.45, 2.75) is 13.3 Å². The maximum atomic E-state index is 11.2. The number of hydrogen-bond acceptors (Lipinski definition) is 5. The van der Waals surface area contributed by atoms with Gasteiger partial charge in [0.2, 0.25) is 0 Å². The van der Waals surface area contributed by atoms with Crippen LogP contribution in [0.5, 0.6) is 0 Å². The molecule has 1 heterocycles. The van der Waals surface area contributed by atoms with Crippen LogP contribution in [0.25, 0.3) is 0 Å². The van der Waals surface area contributed by atoms with E-state index >= 15 is 0 Å². The Balaban J connectivity index is 2.10. The van der Waals surface area contributed by atoms with Crippen molar-refractivity contribution in [3.8, 4) is 0 Å². The molecule has 1 aromatic heterocycles. The van der Waals surface area contributed by atoms with Crippen LogP contribution in [-0.4, -0.2) is 17.3 Å². The number of hydrogen-bond donors (Lipinski definition) is 1. The van der Waals surface area contributed by atoms with Crippen LogP contribution in [0, 0.1) is 10.1 Å². The first-order chi connectivity index (χ1) is 9.58. The number of rotatable bonds is 6. The van der Waals surface area contributed by atoms with Gasteiger partial charge in [-0.15, -0.1) is 0 Å². The number of Topliss-reactive ketones (excluding diaryl/α,β-unsaturated/α-hetero) is 1. The Bertz CT molecular complexity index is 620. The fraction of sp³-hybridized carbons (Fsp3) is 0.214. The van der Waals surface area contributed by atoms with Crippen molar-refractivity contribution in [3.05, 3.63) is 58.0 Å². The second-order valence-corrected chi connectivity index (χ2v) is 4.30. The Morgan fingerprint density at radius 1 is 1.40 bits per heavy atom. The highest BCUT2D eigenvalue weighted by atomic mass is 16.6. The van der Waals surface area contributed by atoms with E-state index in [0.717, 1.165) is 5.76 Å². The molecular formula is C14H14N2O4. The summed E-state index contributed by atoms with van der Waals surface area (Å²) in [7, 11) is 0. The number of nitrogens with zero attached hydrogens (tertiary/aromatic N) is 1. The van der Waals surface area contributed by atoms with Gasteiger partial charge in [0.15, 0.2) is 5.78 Å². The Morgan fingerprint density at radius 2 is 2.20 bits per heavy atom. The topological polar surface area (TPSA) is 85.4 Å². The number of anilines is 1. The van der Waals surface area contributed by atoms with Crippen LogP contribution in [0.1, 0.15) is 23.0 Å². The fourth-order valence-electron chi connectivity index (χ4n) is 1.83. The maximum Gasteiger partial charge on any atom is 0.293 e. The van der Waals surface area contributed by atoms with E-state index in [-0.39, 0.29) is 11.5 Å². The molecule has 2 rings (SSSR count). The summed E-state index contributed by atoms with van der Waals surface area (Å²) in [6.07, 6.45) is 2.21. The van der Waals surface area contributed by atoms with Gasteiger partial charge in [-0.25, -0.2) is 0 Å². The van der Waals surface area contributed by atoms with Crippen LogP contribution >= 0.6 is 0 Å². The van der Waals surface area contributed by atoms with Crippen LogP contribution in [0.2, 0.25) is 0 Å². The van der Waals surface area contributed by atoms with Gasteiger partial charge >= 0.3 is 0 Å². The van der Waals surface area contributed by atoms with Gasteiger partial charge in [-0.05, 0) is 31.2 Å². The highest BCUT2D eigenvalue weighted by molar-refractivity contribution is 5.95. The Hall–Kier alpha value is -2.63. The number of ketones is 1. The molecule has 0 bridgehead atoms. The minimum atomic E-state index is -0.498. The molecule has 0 unspecified atom stereocenters. The van der Waals surface area contributed by atoms with Gasteiger partial charge < -0.3 is 9.73 Å². The highest BCUT2D eigenvalue weighted by Crippen LogP contribution is 2.25. The van der Waals surface area contributed by atoms with Crippen LogP contribution in [-0.2, 0) is 6.42 Å². The van der Waals surface area contributed by atoms with Crippen LogP contribution in [0.4, 0.5) is 11.4 Å². The molecule has 1 aromatic carbocycles. The van der Waals surface area contributed by atoms with Gasteiger partial charge in [0.1, 0.15) is 11.4 Å². The van der Waals surface area contributed by atoms with Crippen LogP contribution in [0.3, 0.4) is 0 Å². The Morgan fingerprint density at radius 3 is 2.80 bits per heavy atom. The normalized spacial score (nSPS) is 10.2. The lowest BCUT2D eigenvalue weighted by Crippen LogP contribution is -2.07. The SMILES string of the molecule is CC(=O)c1ccc(NCCc2ccco2)c([N+](=O)[O-])c1. The third-order valence-electron chi connectivity index (χ3n) is 2.87. The summed E-state index contributed by atoms with van der Waals surface area (Å²) in [6, 6.07) is 8.05. The second-order valence-electron chi connectivity index (χ2n) is 4.30. The molecule has 0 radical (unpaired) electrons. The first-order valence-corrected chi connectivity index (χ1v) is 6.13. The number of carbonyl (C=O) groups is 1. The third kappa shape index (κ3) is 3.23. The molecule has 0 aliphatic rings. The van der Waals surface area contributed by atoms with Crippen molar-refractivity contribution in [1.29, 1.82) is 0 Å². The maximum absolute atomic E-state index is 11.2. The van der Waals surface area contributed by atoms with Crippen molar-refractivity contribution < 1.29 is 14.1 Å². The molecule has 6 heteroatoms. The predicted molar refractivity (Wildman–Crippen MR) is 74.0 cm³/mol. The van der Waals surface area contributed by atoms with Gasteiger partial charge in [-0.1, -0.05) is 0 Å². The summed E-state index contributed by atoms with van der Waals surface area (Å²) in [4.78, 5) is 21.8. The summed E-state index contributed by atoms with van der Waals surface area (Å²) in [5, 5.41) is 14.0. The van der Waals surface area contributed by atoms with Gasteiger partial charge in [-0.2, -0.15) is 0 Å². The predicted octanol–water partition coefficient (Wildman–Crippen LogP) is 3.05. The molecule has 104 valence electrons. The molecule has 2 aromatic rings. The van der Waals surface area contributed by atoms with Gasteiger partial charge in [0.05, 0.1) is 11.2 Å². The monoisotopic (exact) mass is 274 g/mol. The lowest BCUT2D eigenvalue weighted by atomic mass is 10.1.